The van der Waals surface area contributed by atoms with Gasteiger partial charge in [-0.05, 0) is 45.6 Å². The Morgan fingerprint density at radius 1 is 1.38 bits per heavy atom. The van der Waals surface area contributed by atoms with Crippen LogP contribution in [0.3, 0.4) is 0 Å². The second-order valence-corrected chi connectivity index (χ2v) is 7.57. The van der Waals surface area contributed by atoms with E-state index in [1.165, 1.54) is 47.8 Å². The van der Waals surface area contributed by atoms with Crippen molar-refractivity contribution < 1.29 is 0 Å². The molecule has 0 bridgehead atoms. The first-order chi connectivity index (χ1) is 10.0. The van der Waals surface area contributed by atoms with E-state index in [1.54, 1.807) is 0 Å². The molecule has 1 aliphatic rings. The summed E-state index contributed by atoms with van der Waals surface area (Å²) in [5.74, 6) is 0.784. The smallest absolute Gasteiger partial charge is 0.185 e. The third-order valence-electron chi connectivity index (χ3n) is 4.78. The molecule has 4 heteroatoms. The van der Waals surface area contributed by atoms with Crippen LogP contribution in [0.4, 0.5) is 5.13 Å². The molecule has 0 aliphatic heterocycles. The van der Waals surface area contributed by atoms with Gasteiger partial charge in [-0.1, -0.05) is 26.7 Å². The molecule has 1 fully saturated rings. The van der Waals surface area contributed by atoms with Crippen molar-refractivity contribution in [3.05, 3.63) is 10.6 Å². The number of hydrogen-bond donors (Lipinski definition) is 1. The van der Waals surface area contributed by atoms with Gasteiger partial charge in [0.25, 0.3) is 0 Å². The Balaban J connectivity index is 2.09. The molecule has 2 rings (SSSR count). The summed E-state index contributed by atoms with van der Waals surface area (Å²) in [5.41, 5.74) is 1.20. The number of hydrogen-bond acceptors (Lipinski definition) is 4. The van der Waals surface area contributed by atoms with Crippen LogP contribution in [0.1, 0.15) is 69.5 Å². The molecule has 0 aromatic carbocycles. The minimum Gasteiger partial charge on any atom is -0.348 e. The zero-order chi connectivity index (χ0) is 15.4. The number of nitrogens with zero attached hydrogens (tertiary/aromatic N) is 2. The van der Waals surface area contributed by atoms with Gasteiger partial charge in [0.1, 0.15) is 0 Å². The van der Waals surface area contributed by atoms with E-state index >= 15 is 0 Å². The molecule has 1 aromatic heterocycles. The van der Waals surface area contributed by atoms with E-state index in [1.807, 2.05) is 11.3 Å². The maximum Gasteiger partial charge on any atom is 0.185 e. The van der Waals surface area contributed by atoms with E-state index in [0.717, 1.165) is 12.5 Å². The Bertz CT molecular complexity index is 443. The van der Waals surface area contributed by atoms with Crippen LogP contribution in [-0.4, -0.2) is 24.6 Å². The van der Waals surface area contributed by atoms with E-state index < -0.39 is 0 Å². The van der Waals surface area contributed by atoms with Crippen LogP contribution < -0.4 is 10.2 Å². The largest absolute Gasteiger partial charge is 0.348 e. The fraction of sp³-hybridized carbons (Fsp3) is 0.824. The molecule has 0 spiro atoms. The molecule has 3 nitrogen and oxygen atoms in total. The van der Waals surface area contributed by atoms with Crippen molar-refractivity contribution in [2.75, 3.05) is 18.5 Å². The van der Waals surface area contributed by atoms with Gasteiger partial charge in [-0.2, -0.15) is 0 Å². The molecule has 1 saturated carbocycles. The lowest BCUT2D eigenvalue weighted by molar-refractivity contribution is 0.321. The first-order valence-corrected chi connectivity index (χ1v) is 9.29. The van der Waals surface area contributed by atoms with E-state index in [-0.39, 0.29) is 0 Å². The monoisotopic (exact) mass is 309 g/mol. The van der Waals surface area contributed by atoms with Crippen LogP contribution in [0.15, 0.2) is 0 Å². The van der Waals surface area contributed by atoms with Gasteiger partial charge < -0.3 is 10.2 Å². The predicted octanol–water partition coefficient (Wildman–Crippen LogP) is 4.53. The molecule has 1 aliphatic carbocycles. The minimum atomic E-state index is 0.411. The van der Waals surface area contributed by atoms with Gasteiger partial charge in [-0.15, -0.1) is 11.3 Å². The van der Waals surface area contributed by atoms with Crippen molar-refractivity contribution in [1.82, 2.24) is 10.3 Å². The van der Waals surface area contributed by atoms with Crippen molar-refractivity contribution in [2.24, 2.45) is 5.92 Å². The summed E-state index contributed by atoms with van der Waals surface area (Å²) in [7, 11) is 2.23. The van der Waals surface area contributed by atoms with Gasteiger partial charge in [0.2, 0.25) is 0 Å². The zero-order valence-electron chi connectivity index (χ0n) is 14.3. The molecule has 1 aromatic rings. The molecule has 21 heavy (non-hydrogen) atoms. The molecule has 1 N–H and O–H groups in total. The number of rotatable bonds is 6. The Morgan fingerprint density at radius 3 is 2.76 bits per heavy atom. The summed E-state index contributed by atoms with van der Waals surface area (Å²) in [6.45, 7) is 10.1. The Kier molecular flexibility index (Phi) is 6.06. The Hall–Kier alpha value is -0.610. The molecule has 120 valence electrons. The average Bonchev–Trinajstić information content (AvgIpc) is 2.86. The third kappa shape index (κ3) is 3.98. The van der Waals surface area contributed by atoms with Crippen LogP contribution in [0, 0.1) is 12.8 Å². The molecule has 0 radical (unpaired) electrons. The van der Waals surface area contributed by atoms with Crippen molar-refractivity contribution in [1.29, 1.82) is 0 Å². The number of aryl methyl sites for hydroxylation is 1. The third-order valence-corrected chi connectivity index (χ3v) is 6.21. The van der Waals surface area contributed by atoms with Gasteiger partial charge >= 0.3 is 0 Å². The lowest BCUT2D eigenvalue weighted by Crippen LogP contribution is -2.38. The first-order valence-electron chi connectivity index (χ1n) is 8.48. The van der Waals surface area contributed by atoms with E-state index in [4.69, 9.17) is 4.98 Å². The van der Waals surface area contributed by atoms with Gasteiger partial charge in [-0.3, -0.25) is 0 Å². The number of thiazole rings is 1. The highest BCUT2D eigenvalue weighted by Crippen LogP contribution is 2.35. The maximum absolute atomic E-state index is 4.85. The zero-order valence-corrected chi connectivity index (χ0v) is 15.1. The first kappa shape index (κ1) is 16.8. The van der Waals surface area contributed by atoms with Crippen molar-refractivity contribution in [3.8, 4) is 0 Å². The van der Waals surface area contributed by atoms with Gasteiger partial charge in [-0.25, -0.2) is 4.98 Å². The van der Waals surface area contributed by atoms with Crippen LogP contribution >= 0.6 is 11.3 Å². The van der Waals surface area contributed by atoms with Gasteiger partial charge in [0.15, 0.2) is 5.13 Å². The van der Waals surface area contributed by atoms with Crippen LogP contribution in [0.2, 0.25) is 0 Å². The fourth-order valence-corrected chi connectivity index (χ4v) is 4.53. The molecule has 1 heterocycles. The summed E-state index contributed by atoms with van der Waals surface area (Å²) >= 11 is 1.87. The predicted molar refractivity (Wildman–Crippen MR) is 93.4 cm³/mol. The van der Waals surface area contributed by atoms with E-state index in [0.29, 0.717) is 12.1 Å². The minimum absolute atomic E-state index is 0.411. The topological polar surface area (TPSA) is 28.2 Å². The second-order valence-electron chi connectivity index (χ2n) is 6.56. The van der Waals surface area contributed by atoms with Crippen molar-refractivity contribution in [3.63, 3.8) is 0 Å². The molecule has 3 unspecified atom stereocenters. The summed E-state index contributed by atoms with van der Waals surface area (Å²) in [4.78, 5) is 8.69. The number of anilines is 1. The number of aromatic nitrogens is 1. The lowest BCUT2D eigenvalue weighted by atomic mass is 9.85. The quantitative estimate of drug-likeness (QED) is 0.837. The van der Waals surface area contributed by atoms with Crippen LogP contribution in [-0.2, 0) is 0 Å². The van der Waals surface area contributed by atoms with Crippen LogP contribution in [0.5, 0.6) is 0 Å². The molecule has 0 amide bonds. The highest BCUT2D eigenvalue weighted by atomic mass is 32.1. The van der Waals surface area contributed by atoms with Crippen molar-refractivity contribution >= 4 is 16.5 Å². The fourth-order valence-electron chi connectivity index (χ4n) is 3.41. The lowest BCUT2D eigenvalue weighted by Gasteiger charge is -2.36. The highest BCUT2D eigenvalue weighted by Gasteiger charge is 2.27. The van der Waals surface area contributed by atoms with E-state index in [9.17, 15) is 0 Å². The standard InChI is InChI=1S/C17H31N3S/c1-6-11-18-13(3)16-14(4)19-17(21-16)20(5)15-10-8-7-9-12(15)2/h12-13,15,18H,6-11H2,1-5H3. The normalized spacial score (nSPS) is 24.0. The highest BCUT2D eigenvalue weighted by molar-refractivity contribution is 7.15. The molecular formula is C17H31N3S. The van der Waals surface area contributed by atoms with Crippen LogP contribution in [0.25, 0.3) is 0 Å². The molecular weight excluding hydrogens is 278 g/mol. The molecule has 3 atom stereocenters. The average molecular weight is 310 g/mol. The van der Waals surface area contributed by atoms with E-state index in [2.05, 4.69) is 45.0 Å². The van der Waals surface area contributed by atoms with Gasteiger partial charge in [0, 0.05) is 24.0 Å². The SMILES string of the molecule is CCCNC(C)c1sc(N(C)C2CCCCC2C)nc1C. The van der Waals surface area contributed by atoms with Gasteiger partial charge in [0.05, 0.1) is 5.69 Å². The second kappa shape index (κ2) is 7.59. The molecule has 0 saturated heterocycles. The summed E-state index contributed by atoms with van der Waals surface area (Å²) < 4.78 is 0. The Morgan fingerprint density at radius 2 is 2.10 bits per heavy atom. The van der Waals surface area contributed by atoms with Crippen molar-refractivity contribution in [2.45, 2.75) is 71.9 Å². The summed E-state index contributed by atoms with van der Waals surface area (Å²) in [5, 5.41) is 4.78. The maximum atomic E-state index is 4.85. The number of nitrogens with one attached hydrogen (secondary N) is 1. The Labute approximate surface area is 134 Å². The summed E-state index contributed by atoms with van der Waals surface area (Å²) in [6, 6.07) is 1.07. The summed E-state index contributed by atoms with van der Waals surface area (Å²) in [6.07, 6.45) is 6.61.